The molecule has 0 radical (unpaired) electrons. The molecule has 1 aromatic heterocycles. The molecule has 0 aliphatic heterocycles. The van der Waals surface area contributed by atoms with Gasteiger partial charge >= 0.3 is 5.97 Å². The number of hydrogen-bond donors (Lipinski definition) is 3. The highest BCUT2D eigenvalue weighted by molar-refractivity contribution is 7.80. The molecule has 3 rings (SSSR count). The summed E-state index contributed by atoms with van der Waals surface area (Å²) in [5.41, 5.74) is 6.95. The van der Waals surface area contributed by atoms with E-state index < -0.39 is 11.1 Å². The van der Waals surface area contributed by atoms with Crippen molar-refractivity contribution in [3.8, 4) is 0 Å². The third kappa shape index (κ3) is 8.29. The number of ether oxygens (including phenoxy) is 1. The predicted molar refractivity (Wildman–Crippen MR) is 113 cm³/mol. The lowest BCUT2D eigenvalue weighted by Crippen LogP contribution is -2.06. The second-order valence-corrected chi connectivity index (χ2v) is 7.61. The van der Waals surface area contributed by atoms with Crippen LogP contribution in [0.4, 0.5) is 5.13 Å². The van der Waals surface area contributed by atoms with Gasteiger partial charge in [-0.25, -0.2) is 4.79 Å². The molecule has 0 bridgehead atoms. The predicted octanol–water partition coefficient (Wildman–Crippen LogP) is 3.82. The van der Waals surface area contributed by atoms with Crippen molar-refractivity contribution >= 4 is 47.3 Å². The lowest BCUT2D eigenvalue weighted by atomic mass is 10.1. The third-order valence-corrected chi connectivity index (χ3v) is 4.43. The first kappa shape index (κ1) is 22.3. The van der Waals surface area contributed by atoms with Gasteiger partial charge in [-0.15, -0.1) is 27.8 Å². The number of thiol groups is 1. The topological polar surface area (TPSA) is 133 Å². The van der Waals surface area contributed by atoms with Crippen molar-refractivity contribution in [3.63, 3.8) is 0 Å². The highest BCUT2D eigenvalue weighted by Gasteiger charge is 2.08. The quantitative estimate of drug-likeness (QED) is 0.169. The maximum absolute atomic E-state index is 11.9. The van der Waals surface area contributed by atoms with Gasteiger partial charge in [0, 0.05) is 4.90 Å². The van der Waals surface area contributed by atoms with E-state index in [4.69, 9.17) is 10.5 Å². The van der Waals surface area contributed by atoms with Crippen LogP contribution in [-0.4, -0.2) is 21.3 Å². The summed E-state index contributed by atoms with van der Waals surface area (Å²) in [7, 11) is 0. The van der Waals surface area contributed by atoms with Crippen LogP contribution in [0.5, 0.6) is 0 Å². The molecule has 29 heavy (non-hydrogen) atoms. The van der Waals surface area contributed by atoms with Gasteiger partial charge in [-0.3, -0.25) is 5.10 Å². The number of anilines is 1. The molecule has 3 N–H and O–H groups in total. The molecule has 1 heterocycles. The second-order valence-electron chi connectivity index (χ2n) is 5.39. The average molecular weight is 453 g/mol. The van der Waals surface area contributed by atoms with Crippen molar-refractivity contribution in [2.75, 3.05) is 5.73 Å². The number of esters is 1. The first-order valence-electron chi connectivity index (χ1n) is 7.96. The molecule has 2 aromatic carbocycles. The Morgan fingerprint density at radius 1 is 1.24 bits per heavy atom. The Labute approximate surface area is 180 Å². The van der Waals surface area contributed by atoms with Crippen LogP contribution < -0.4 is 5.73 Å². The summed E-state index contributed by atoms with van der Waals surface area (Å²) in [6.45, 7) is -0.0710. The van der Waals surface area contributed by atoms with Crippen LogP contribution in [0, 0.1) is 14.1 Å². The molecule has 0 atom stereocenters. The SMILES string of the molecule is Nc1n[nH]c(=S)s1.O=C(OCc1cccc(CO[N+](=O)[O-])c1)c1cccc(S)c1. The fourth-order valence-electron chi connectivity index (χ4n) is 2.04. The molecule has 0 spiro atoms. The van der Waals surface area contributed by atoms with Crippen molar-refractivity contribution in [2.24, 2.45) is 0 Å². The van der Waals surface area contributed by atoms with Gasteiger partial charge < -0.3 is 15.3 Å². The maximum Gasteiger partial charge on any atom is 0.338 e. The van der Waals surface area contributed by atoms with E-state index in [-0.39, 0.29) is 13.2 Å². The number of hydrogen-bond acceptors (Lipinski definition) is 10. The lowest BCUT2D eigenvalue weighted by Gasteiger charge is -2.07. The van der Waals surface area contributed by atoms with Crippen LogP contribution in [0.15, 0.2) is 53.4 Å². The van der Waals surface area contributed by atoms with E-state index in [1.165, 1.54) is 11.3 Å². The van der Waals surface area contributed by atoms with Gasteiger partial charge in [0.2, 0.25) is 5.13 Å². The molecular formula is C17H16N4O5S3. The standard InChI is InChI=1S/C15H13NO5S.C2H3N3S2/c17-15(13-5-2-6-14(22)8-13)20-9-11-3-1-4-12(7-11)10-21-16(18)19;3-1-4-5-2(6)7-1/h1-8,22H,9-10H2;(H2,3,4)(H,5,6). The molecule has 0 saturated carbocycles. The van der Waals surface area contributed by atoms with Crippen molar-refractivity contribution < 1.29 is 19.5 Å². The molecule has 12 heteroatoms. The van der Waals surface area contributed by atoms with Gasteiger partial charge in [-0.2, -0.15) is 0 Å². The number of benzene rings is 2. The van der Waals surface area contributed by atoms with Gasteiger partial charge in [0.1, 0.15) is 13.2 Å². The lowest BCUT2D eigenvalue weighted by molar-refractivity contribution is -0.763. The van der Waals surface area contributed by atoms with Gasteiger partial charge in [0.15, 0.2) is 3.95 Å². The van der Waals surface area contributed by atoms with E-state index in [0.29, 0.717) is 25.1 Å². The number of nitrogens with zero attached hydrogens (tertiary/aromatic N) is 2. The van der Waals surface area contributed by atoms with E-state index in [0.717, 1.165) is 5.56 Å². The zero-order valence-electron chi connectivity index (χ0n) is 14.8. The van der Waals surface area contributed by atoms with Crippen LogP contribution >= 0.6 is 36.2 Å². The normalized spacial score (nSPS) is 9.83. The number of carbonyl (C=O) groups is 1. The molecule has 9 nitrogen and oxygen atoms in total. The largest absolute Gasteiger partial charge is 0.457 e. The first-order chi connectivity index (χ1) is 13.8. The number of nitrogens with one attached hydrogen (secondary N) is 1. The number of nitrogen functional groups attached to an aromatic ring is 1. The maximum atomic E-state index is 11.9. The van der Waals surface area contributed by atoms with Crippen LogP contribution in [0.1, 0.15) is 21.5 Å². The summed E-state index contributed by atoms with van der Waals surface area (Å²) in [5.74, 6) is -0.456. The van der Waals surface area contributed by atoms with E-state index in [1.54, 1.807) is 48.5 Å². The molecule has 0 aliphatic rings. The second kappa shape index (κ2) is 11.1. The van der Waals surface area contributed by atoms with Crippen molar-refractivity contribution in [1.82, 2.24) is 10.2 Å². The molecule has 3 aromatic rings. The molecule has 0 amide bonds. The fourth-order valence-corrected chi connectivity index (χ4v) is 2.94. The summed E-state index contributed by atoms with van der Waals surface area (Å²) < 4.78 is 5.82. The van der Waals surface area contributed by atoms with E-state index >= 15 is 0 Å². The Morgan fingerprint density at radius 3 is 2.48 bits per heavy atom. The molecule has 152 valence electrons. The summed E-state index contributed by atoms with van der Waals surface area (Å²) >= 11 is 10.1. The Hall–Kier alpha value is -2.96. The summed E-state index contributed by atoms with van der Waals surface area (Å²) in [4.78, 5) is 27.0. The van der Waals surface area contributed by atoms with E-state index in [1.807, 2.05) is 0 Å². The fraction of sp³-hybridized carbons (Fsp3) is 0.118. The highest BCUT2D eigenvalue weighted by atomic mass is 32.1. The van der Waals surface area contributed by atoms with Gasteiger partial charge in [-0.1, -0.05) is 41.7 Å². The smallest absolute Gasteiger partial charge is 0.338 e. The minimum atomic E-state index is -0.850. The van der Waals surface area contributed by atoms with Gasteiger partial charge in [0.05, 0.1) is 5.56 Å². The minimum absolute atomic E-state index is 0.0714. The molecule has 0 fully saturated rings. The van der Waals surface area contributed by atoms with Gasteiger partial charge in [-0.05, 0) is 41.5 Å². The highest BCUT2D eigenvalue weighted by Crippen LogP contribution is 2.12. The molecule has 0 aliphatic carbocycles. The van der Waals surface area contributed by atoms with Crippen molar-refractivity contribution in [3.05, 3.63) is 79.3 Å². The number of carbonyl (C=O) groups excluding carboxylic acids is 1. The van der Waals surface area contributed by atoms with E-state index in [9.17, 15) is 14.9 Å². The van der Waals surface area contributed by atoms with Crippen LogP contribution in [0.2, 0.25) is 0 Å². The minimum Gasteiger partial charge on any atom is -0.457 e. The van der Waals surface area contributed by atoms with Crippen molar-refractivity contribution in [1.29, 1.82) is 0 Å². The Kier molecular flexibility index (Phi) is 8.58. The molecule has 0 saturated heterocycles. The number of aromatic nitrogens is 2. The number of aromatic amines is 1. The van der Waals surface area contributed by atoms with Crippen LogP contribution in [0.25, 0.3) is 0 Å². The number of nitrogens with two attached hydrogens (primary N) is 1. The molecule has 0 unspecified atom stereocenters. The zero-order chi connectivity index (χ0) is 21.2. The van der Waals surface area contributed by atoms with E-state index in [2.05, 4.69) is 39.9 Å². The number of rotatable bonds is 6. The monoisotopic (exact) mass is 452 g/mol. The Bertz CT molecular complexity index is 1040. The van der Waals surface area contributed by atoms with Crippen LogP contribution in [0.3, 0.4) is 0 Å². The zero-order valence-corrected chi connectivity index (χ0v) is 17.3. The summed E-state index contributed by atoms with van der Waals surface area (Å²) in [6, 6.07) is 13.6. The Balaban J connectivity index is 0.000000360. The summed E-state index contributed by atoms with van der Waals surface area (Å²) in [6.07, 6.45) is 0. The summed E-state index contributed by atoms with van der Waals surface area (Å²) in [5, 5.41) is 15.9. The number of H-pyrrole nitrogens is 1. The van der Waals surface area contributed by atoms with Crippen molar-refractivity contribution in [2.45, 2.75) is 18.1 Å². The average Bonchev–Trinajstić information content (AvgIpc) is 3.08. The Morgan fingerprint density at radius 2 is 1.93 bits per heavy atom. The third-order valence-electron chi connectivity index (χ3n) is 3.23. The van der Waals surface area contributed by atoms with Crippen LogP contribution in [-0.2, 0) is 22.8 Å². The first-order valence-corrected chi connectivity index (χ1v) is 9.63. The van der Waals surface area contributed by atoms with Gasteiger partial charge in [0.25, 0.3) is 5.09 Å². The molecular weight excluding hydrogens is 436 g/mol.